The van der Waals surface area contributed by atoms with Crippen LogP contribution in [0.3, 0.4) is 0 Å². The highest BCUT2D eigenvalue weighted by atomic mass is 19.1. The Morgan fingerprint density at radius 2 is 1.87 bits per heavy atom. The Morgan fingerprint density at radius 3 is 2.57 bits per heavy atom. The molecule has 5 heteroatoms. The fourth-order valence-electron chi connectivity index (χ4n) is 4.87. The van der Waals surface area contributed by atoms with Crippen molar-refractivity contribution < 1.29 is 13.6 Å². The average Bonchev–Trinajstić information content (AvgIpc) is 3.39. The van der Waals surface area contributed by atoms with E-state index < -0.39 is 0 Å². The van der Waals surface area contributed by atoms with Crippen molar-refractivity contribution in [1.29, 1.82) is 0 Å². The molecular weight excluding hydrogens is 379 g/mol. The third kappa shape index (κ3) is 3.33. The van der Waals surface area contributed by atoms with Gasteiger partial charge in [-0.1, -0.05) is 29.8 Å². The van der Waals surface area contributed by atoms with Crippen LogP contribution in [0.15, 0.2) is 65.3 Å². The summed E-state index contributed by atoms with van der Waals surface area (Å²) >= 11 is 0. The molecule has 0 saturated carbocycles. The number of hydrogen-bond acceptors (Lipinski definition) is 3. The molecule has 1 fully saturated rings. The van der Waals surface area contributed by atoms with Crippen molar-refractivity contribution in [2.45, 2.75) is 31.7 Å². The second kappa shape index (κ2) is 7.40. The van der Waals surface area contributed by atoms with Gasteiger partial charge in [0.25, 0.3) is 5.91 Å². The van der Waals surface area contributed by atoms with E-state index in [9.17, 15) is 9.18 Å². The van der Waals surface area contributed by atoms with Gasteiger partial charge in [-0.25, -0.2) is 4.39 Å². The molecule has 2 aromatic carbocycles. The molecule has 1 saturated heterocycles. The van der Waals surface area contributed by atoms with E-state index in [2.05, 4.69) is 36.1 Å². The molecule has 1 amide bonds. The van der Waals surface area contributed by atoms with Gasteiger partial charge >= 0.3 is 0 Å². The second-order valence-corrected chi connectivity index (χ2v) is 8.57. The van der Waals surface area contributed by atoms with Crippen LogP contribution in [0.25, 0.3) is 0 Å². The maximum absolute atomic E-state index is 14.2. The third-order valence-corrected chi connectivity index (χ3v) is 6.60. The molecule has 3 aromatic rings. The molecule has 0 N–H and O–H groups in total. The number of nitrogens with zero attached hydrogens (tertiary/aromatic N) is 2. The highest BCUT2D eigenvalue weighted by molar-refractivity contribution is 6.06. The van der Waals surface area contributed by atoms with Gasteiger partial charge in [-0.2, -0.15) is 0 Å². The van der Waals surface area contributed by atoms with Gasteiger partial charge in [0.05, 0.1) is 6.26 Å². The highest BCUT2D eigenvalue weighted by Gasteiger charge is 2.47. The minimum Gasteiger partial charge on any atom is -0.459 e. The topological polar surface area (TPSA) is 36.7 Å². The first-order chi connectivity index (χ1) is 14.5. The molecule has 154 valence electrons. The number of hydrogen-bond donors (Lipinski definition) is 0. The van der Waals surface area contributed by atoms with E-state index >= 15 is 0 Å². The molecule has 0 bridgehead atoms. The number of benzene rings is 2. The fraction of sp³-hybridized carbons (Fsp3) is 0.320. The van der Waals surface area contributed by atoms with Crippen molar-refractivity contribution in [3.63, 3.8) is 0 Å². The van der Waals surface area contributed by atoms with E-state index in [-0.39, 0.29) is 17.1 Å². The number of carbonyl (C=O) groups is 1. The van der Waals surface area contributed by atoms with Gasteiger partial charge < -0.3 is 9.32 Å². The SMILES string of the molecule is Cc1ccc(CN2CCC3(CC2)CN(C(=O)c2ccco2)c2ccc(F)cc23)cc1. The molecule has 30 heavy (non-hydrogen) atoms. The van der Waals surface area contributed by atoms with Crippen LogP contribution in [-0.4, -0.2) is 30.4 Å². The number of aryl methyl sites for hydroxylation is 1. The number of fused-ring (bicyclic) bond motifs is 2. The molecule has 0 aliphatic carbocycles. The number of anilines is 1. The van der Waals surface area contributed by atoms with Gasteiger partial charge in [0, 0.05) is 24.2 Å². The first kappa shape index (κ1) is 19.1. The lowest BCUT2D eigenvalue weighted by atomic mass is 9.74. The van der Waals surface area contributed by atoms with Gasteiger partial charge in [0.1, 0.15) is 5.82 Å². The Kier molecular flexibility index (Phi) is 4.70. The van der Waals surface area contributed by atoms with Crippen molar-refractivity contribution in [3.8, 4) is 0 Å². The summed E-state index contributed by atoms with van der Waals surface area (Å²) in [4.78, 5) is 17.3. The van der Waals surface area contributed by atoms with Gasteiger partial charge in [-0.3, -0.25) is 9.69 Å². The van der Waals surface area contributed by atoms with Crippen molar-refractivity contribution in [2.75, 3.05) is 24.5 Å². The summed E-state index contributed by atoms with van der Waals surface area (Å²) in [5.74, 6) is -0.0894. The normalized spacial score (nSPS) is 18.0. The molecule has 4 nitrogen and oxygen atoms in total. The molecule has 2 aliphatic heterocycles. The Bertz CT molecular complexity index is 1050. The highest BCUT2D eigenvalue weighted by Crippen LogP contribution is 2.47. The Hall–Kier alpha value is -2.92. The number of piperidine rings is 1. The second-order valence-electron chi connectivity index (χ2n) is 8.57. The number of likely N-dealkylation sites (tertiary alicyclic amines) is 1. The van der Waals surface area contributed by atoms with Crippen LogP contribution in [0, 0.1) is 12.7 Å². The lowest BCUT2D eigenvalue weighted by Gasteiger charge is -2.40. The smallest absolute Gasteiger partial charge is 0.293 e. The molecule has 1 aromatic heterocycles. The summed E-state index contributed by atoms with van der Waals surface area (Å²) in [5.41, 5.74) is 4.14. The number of rotatable bonds is 3. The summed E-state index contributed by atoms with van der Waals surface area (Å²) in [5, 5.41) is 0. The third-order valence-electron chi connectivity index (χ3n) is 6.60. The van der Waals surface area contributed by atoms with E-state index in [1.807, 2.05) is 0 Å². The van der Waals surface area contributed by atoms with Crippen LogP contribution in [0.4, 0.5) is 10.1 Å². The van der Waals surface area contributed by atoms with Crippen LogP contribution < -0.4 is 4.90 Å². The number of amides is 1. The summed E-state index contributed by atoms with van der Waals surface area (Å²) in [6.45, 7) is 5.44. The zero-order valence-electron chi connectivity index (χ0n) is 17.1. The minimum atomic E-state index is -0.248. The molecule has 5 rings (SSSR count). The fourth-order valence-corrected chi connectivity index (χ4v) is 4.87. The molecule has 3 heterocycles. The van der Waals surface area contributed by atoms with E-state index in [0.717, 1.165) is 43.7 Å². The molecule has 2 aliphatic rings. The zero-order valence-corrected chi connectivity index (χ0v) is 17.1. The number of halogens is 1. The lowest BCUT2D eigenvalue weighted by molar-refractivity contribution is 0.0949. The monoisotopic (exact) mass is 404 g/mol. The predicted molar refractivity (Wildman–Crippen MR) is 114 cm³/mol. The van der Waals surface area contributed by atoms with E-state index in [1.54, 1.807) is 29.2 Å². The van der Waals surface area contributed by atoms with Crippen molar-refractivity contribution in [3.05, 3.63) is 89.1 Å². The quantitative estimate of drug-likeness (QED) is 0.622. The lowest BCUT2D eigenvalue weighted by Crippen LogP contribution is -2.45. The van der Waals surface area contributed by atoms with Gasteiger partial charge in [0.2, 0.25) is 0 Å². The summed E-state index contributed by atoms with van der Waals surface area (Å²) < 4.78 is 19.5. The van der Waals surface area contributed by atoms with Gasteiger partial charge in [0.15, 0.2) is 5.76 Å². The molecule has 0 radical (unpaired) electrons. The van der Waals surface area contributed by atoms with E-state index in [1.165, 1.54) is 23.5 Å². The van der Waals surface area contributed by atoms with E-state index in [0.29, 0.717) is 12.3 Å². The van der Waals surface area contributed by atoms with Crippen molar-refractivity contribution in [1.82, 2.24) is 4.90 Å². The van der Waals surface area contributed by atoms with Gasteiger partial charge in [-0.05, 0) is 74.3 Å². The minimum absolute atomic E-state index is 0.160. The Labute approximate surface area is 175 Å². The zero-order chi connectivity index (χ0) is 20.7. The molecule has 1 spiro atoms. The maximum atomic E-state index is 14.2. The summed E-state index contributed by atoms with van der Waals surface area (Å²) in [7, 11) is 0. The number of furan rings is 1. The maximum Gasteiger partial charge on any atom is 0.293 e. The largest absolute Gasteiger partial charge is 0.459 e. The molecule has 0 unspecified atom stereocenters. The van der Waals surface area contributed by atoms with Crippen molar-refractivity contribution in [2.24, 2.45) is 0 Å². The average molecular weight is 404 g/mol. The Balaban J connectivity index is 1.37. The molecule has 0 atom stereocenters. The van der Waals surface area contributed by atoms with Crippen LogP contribution in [-0.2, 0) is 12.0 Å². The van der Waals surface area contributed by atoms with Crippen LogP contribution in [0.2, 0.25) is 0 Å². The van der Waals surface area contributed by atoms with Crippen molar-refractivity contribution >= 4 is 11.6 Å². The summed E-state index contributed by atoms with van der Waals surface area (Å²) in [6.07, 6.45) is 3.31. The standard InChI is InChI=1S/C25H25FN2O2/c1-18-4-6-19(7-5-18)16-27-12-10-25(11-13-27)17-28(24(29)23-3-2-14-30-23)22-9-8-20(26)15-21(22)25/h2-9,14-15H,10-13,16-17H2,1H3. The number of carbonyl (C=O) groups excluding carboxylic acids is 1. The van der Waals surface area contributed by atoms with Crippen LogP contribution >= 0.6 is 0 Å². The van der Waals surface area contributed by atoms with E-state index in [4.69, 9.17) is 4.42 Å². The molecular formula is C25H25FN2O2. The first-order valence-electron chi connectivity index (χ1n) is 10.5. The van der Waals surface area contributed by atoms with Gasteiger partial charge in [-0.15, -0.1) is 0 Å². The summed E-state index contributed by atoms with van der Waals surface area (Å²) in [6, 6.07) is 16.9. The van der Waals surface area contributed by atoms with Crippen LogP contribution in [0.5, 0.6) is 0 Å². The predicted octanol–water partition coefficient (Wildman–Crippen LogP) is 4.92. The Morgan fingerprint density at radius 1 is 1.10 bits per heavy atom. The first-order valence-corrected chi connectivity index (χ1v) is 10.5. The van der Waals surface area contributed by atoms with Crippen LogP contribution in [0.1, 0.15) is 40.1 Å².